The first kappa shape index (κ1) is 10.5. The molecule has 0 saturated carbocycles. The lowest BCUT2D eigenvalue weighted by atomic mass is 10.1. The minimum atomic E-state index is 1.27. The smallest absolute Gasteiger partial charge is 0.0227 e. The molecule has 0 fully saturated rings. The minimum absolute atomic E-state index is 1.27. The van der Waals surface area contributed by atoms with Crippen molar-refractivity contribution in [2.75, 3.05) is 0 Å². The van der Waals surface area contributed by atoms with Gasteiger partial charge in [0.25, 0.3) is 0 Å². The Balaban J connectivity index is 2.83. The summed E-state index contributed by atoms with van der Waals surface area (Å²) in [5.41, 5.74) is 3.83. The van der Waals surface area contributed by atoms with Crippen molar-refractivity contribution in [3.8, 4) is 0 Å². The highest BCUT2D eigenvalue weighted by Gasteiger charge is 1.92. The van der Waals surface area contributed by atoms with Gasteiger partial charge in [-0.25, -0.2) is 0 Å². The molecule has 14 heavy (non-hydrogen) atoms. The summed E-state index contributed by atoms with van der Waals surface area (Å²) in [6.45, 7) is 7.83. The molecule has 0 amide bonds. The van der Waals surface area contributed by atoms with Crippen molar-refractivity contribution in [1.29, 1.82) is 0 Å². The number of hydrogen-bond acceptors (Lipinski definition) is 0. The average Bonchev–Trinajstić information content (AvgIpc) is 2.19. The van der Waals surface area contributed by atoms with Gasteiger partial charge in [0.05, 0.1) is 0 Å². The van der Waals surface area contributed by atoms with E-state index in [2.05, 4.69) is 50.8 Å². The van der Waals surface area contributed by atoms with Crippen LogP contribution in [-0.4, -0.2) is 0 Å². The van der Waals surface area contributed by atoms with Crippen LogP contribution in [-0.2, 0) is 0 Å². The van der Waals surface area contributed by atoms with Crippen LogP contribution in [0.15, 0.2) is 55.1 Å². The fraction of sp³-hybridized carbons (Fsp3) is 0.143. The van der Waals surface area contributed by atoms with Crippen molar-refractivity contribution < 1.29 is 0 Å². The molecule has 0 atom stereocenters. The van der Waals surface area contributed by atoms with Gasteiger partial charge in [-0.1, -0.05) is 60.7 Å². The van der Waals surface area contributed by atoms with Crippen LogP contribution in [0.5, 0.6) is 0 Å². The molecule has 0 aliphatic heterocycles. The van der Waals surface area contributed by atoms with Crippen LogP contribution in [0.4, 0.5) is 0 Å². The van der Waals surface area contributed by atoms with E-state index in [0.29, 0.717) is 0 Å². The average molecular weight is 184 g/mol. The fourth-order valence-electron chi connectivity index (χ4n) is 1.19. The van der Waals surface area contributed by atoms with Crippen LogP contribution in [0, 0.1) is 6.92 Å². The van der Waals surface area contributed by atoms with Gasteiger partial charge in [-0.2, -0.15) is 0 Å². The first-order valence-electron chi connectivity index (χ1n) is 4.77. The van der Waals surface area contributed by atoms with Crippen LogP contribution in [0.25, 0.3) is 5.57 Å². The SMILES string of the molecule is C=C/C=C\C=C(/C)c1ccc(C)cc1. The fourth-order valence-corrected chi connectivity index (χ4v) is 1.19. The van der Waals surface area contributed by atoms with E-state index >= 15 is 0 Å². The molecule has 0 spiro atoms. The van der Waals surface area contributed by atoms with E-state index in [9.17, 15) is 0 Å². The Morgan fingerprint density at radius 1 is 1.14 bits per heavy atom. The molecule has 1 aromatic rings. The Hall–Kier alpha value is -1.56. The van der Waals surface area contributed by atoms with Gasteiger partial charge in [-0.3, -0.25) is 0 Å². The van der Waals surface area contributed by atoms with E-state index < -0.39 is 0 Å². The lowest BCUT2D eigenvalue weighted by molar-refractivity contribution is 1.44. The van der Waals surface area contributed by atoms with Gasteiger partial charge in [-0.05, 0) is 25.0 Å². The molecular formula is C14H16. The van der Waals surface area contributed by atoms with Gasteiger partial charge in [0.2, 0.25) is 0 Å². The number of rotatable bonds is 3. The quantitative estimate of drug-likeness (QED) is 0.619. The Morgan fingerprint density at radius 3 is 2.36 bits per heavy atom. The highest BCUT2D eigenvalue weighted by Crippen LogP contribution is 2.14. The predicted molar refractivity (Wildman–Crippen MR) is 64.2 cm³/mol. The summed E-state index contributed by atoms with van der Waals surface area (Å²) in [5.74, 6) is 0. The minimum Gasteiger partial charge on any atom is -0.0991 e. The zero-order valence-electron chi connectivity index (χ0n) is 8.83. The van der Waals surface area contributed by atoms with Crippen molar-refractivity contribution in [1.82, 2.24) is 0 Å². The maximum atomic E-state index is 3.63. The Labute approximate surface area is 86.3 Å². The third-order valence-electron chi connectivity index (χ3n) is 2.10. The summed E-state index contributed by atoms with van der Waals surface area (Å²) < 4.78 is 0. The van der Waals surface area contributed by atoms with Gasteiger partial charge in [0.15, 0.2) is 0 Å². The van der Waals surface area contributed by atoms with E-state index in [-0.39, 0.29) is 0 Å². The highest BCUT2D eigenvalue weighted by molar-refractivity contribution is 5.65. The molecule has 0 aliphatic rings. The largest absolute Gasteiger partial charge is 0.0991 e. The molecule has 0 N–H and O–H groups in total. The second-order valence-electron chi connectivity index (χ2n) is 3.34. The van der Waals surface area contributed by atoms with E-state index in [1.165, 1.54) is 16.7 Å². The van der Waals surface area contributed by atoms with Gasteiger partial charge in [-0.15, -0.1) is 0 Å². The Kier molecular flexibility index (Phi) is 3.93. The van der Waals surface area contributed by atoms with Crippen molar-refractivity contribution in [2.24, 2.45) is 0 Å². The summed E-state index contributed by atoms with van der Waals surface area (Å²) in [6.07, 6.45) is 7.80. The van der Waals surface area contributed by atoms with Gasteiger partial charge >= 0.3 is 0 Å². The normalized spacial score (nSPS) is 12.0. The number of aryl methyl sites for hydroxylation is 1. The lowest BCUT2D eigenvalue weighted by Crippen LogP contribution is -1.79. The van der Waals surface area contributed by atoms with E-state index in [4.69, 9.17) is 0 Å². The van der Waals surface area contributed by atoms with Crippen molar-refractivity contribution in [3.05, 3.63) is 66.3 Å². The van der Waals surface area contributed by atoms with Crippen LogP contribution in [0.3, 0.4) is 0 Å². The van der Waals surface area contributed by atoms with Gasteiger partial charge in [0, 0.05) is 0 Å². The molecule has 1 rings (SSSR count). The molecule has 0 saturated heterocycles. The zero-order chi connectivity index (χ0) is 10.4. The first-order chi connectivity index (χ1) is 6.74. The molecule has 0 heteroatoms. The molecule has 0 radical (unpaired) electrons. The second-order valence-corrected chi connectivity index (χ2v) is 3.34. The third-order valence-corrected chi connectivity index (χ3v) is 2.10. The summed E-state index contributed by atoms with van der Waals surface area (Å²) >= 11 is 0. The number of hydrogen-bond donors (Lipinski definition) is 0. The lowest BCUT2D eigenvalue weighted by Gasteiger charge is -2.00. The summed E-state index contributed by atoms with van der Waals surface area (Å²) in [7, 11) is 0. The summed E-state index contributed by atoms with van der Waals surface area (Å²) in [6, 6.07) is 8.54. The molecule has 0 unspecified atom stereocenters. The number of benzene rings is 1. The van der Waals surface area contributed by atoms with Crippen LogP contribution >= 0.6 is 0 Å². The van der Waals surface area contributed by atoms with E-state index in [1.54, 1.807) is 6.08 Å². The maximum Gasteiger partial charge on any atom is -0.0227 e. The summed E-state index contributed by atoms with van der Waals surface area (Å²) in [5, 5.41) is 0. The van der Waals surface area contributed by atoms with Crippen molar-refractivity contribution in [3.63, 3.8) is 0 Å². The molecule has 0 heterocycles. The van der Waals surface area contributed by atoms with Crippen LogP contribution < -0.4 is 0 Å². The topological polar surface area (TPSA) is 0 Å². The molecule has 0 nitrogen and oxygen atoms in total. The molecule has 1 aromatic carbocycles. The third kappa shape index (κ3) is 3.06. The predicted octanol–water partition coefficient (Wildman–Crippen LogP) is 4.14. The molecule has 0 aromatic heterocycles. The van der Waals surface area contributed by atoms with Gasteiger partial charge < -0.3 is 0 Å². The number of allylic oxidation sites excluding steroid dienone is 5. The molecule has 0 bridgehead atoms. The van der Waals surface area contributed by atoms with Crippen LogP contribution in [0.2, 0.25) is 0 Å². The van der Waals surface area contributed by atoms with Gasteiger partial charge in [0.1, 0.15) is 0 Å². The standard InChI is InChI=1S/C14H16/c1-4-5-6-7-13(3)14-10-8-12(2)9-11-14/h4-11H,1H2,2-3H3/b6-5-,13-7+. The second kappa shape index (κ2) is 5.23. The Bertz CT molecular complexity index is 350. The maximum absolute atomic E-state index is 3.63. The first-order valence-corrected chi connectivity index (χ1v) is 4.77. The Morgan fingerprint density at radius 2 is 1.79 bits per heavy atom. The monoisotopic (exact) mass is 184 g/mol. The zero-order valence-corrected chi connectivity index (χ0v) is 8.83. The molecule has 0 aliphatic carbocycles. The summed E-state index contributed by atoms with van der Waals surface area (Å²) in [4.78, 5) is 0. The highest BCUT2D eigenvalue weighted by atomic mass is 14.0. The molecular weight excluding hydrogens is 168 g/mol. The van der Waals surface area contributed by atoms with E-state index in [1.807, 2.05) is 12.2 Å². The van der Waals surface area contributed by atoms with Crippen LogP contribution in [0.1, 0.15) is 18.1 Å². The van der Waals surface area contributed by atoms with E-state index in [0.717, 1.165) is 0 Å². The molecule has 72 valence electrons. The van der Waals surface area contributed by atoms with Crippen molar-refractivity contribution in [2.45, 2.75) is 13.8 Å². The van der Waals surface area contributed by atoms with Crippen molar-refractivity contribution >= 4 is 5.57 Å².